The largest absolute Gasteiger partial charge is 0.494 e. The van der Waals surface area contributed by atoms with Crippen LogP contribution in [0.2, 0.25) is 0 Å². The highest BCUT2D eigenvalue weighted by atomic mass is 16.5. The van der Waals surface area contributed by atoms with Crippen LogP contribution in [0.15, 0.2) is 182 Å². The van der Waals surface area contributed by atoms with Gasteiger partial charge in [-0.05, 0) is 111 Å². The molecule has 6 aromatic carbocycles. The normalized spacial score (nSPS) is 11.1. The first kappa shape index (κ1) is 44.2. The fourth-order valence-corrected chi connectivity index (χ4v) is 7.66. The lowest BCUT2D eigenvalue weighted by Gasteiger charge is -2.26. The highest BCUT2D eigenvalue weighted by molar-refractivity contribution is 5.80. The Balaban J connectivity index is 0.857. The van der Waals surface area contributed by atoms with Gasteiger partial charge in [0, 0.05) is 53.4 Å². The van der Waals surface area contributed by atoms with Crippen LogP contribution < -0.4 is 19.1 Å². The van der Waals surface area contributed by atoms with Gasteiger partial charge >= 0.3 is 0 Å². The number of aryl methyl sites for hydroxylation is 3. The second-order valence-electron chi connectivity index (χ2n) is 16.2. The van der Waals surface area contributed by atoms with Gasteiger partial charge in [0.1, 0.15) is 34.3 Å². The molecule has 338 valence electrons. The van der Waals surface area contributed by atoms with Gasteiger partial charge in [-0.15, -0.1) is 15.3 Å². The molecule has 9 aromatic rings. The molecule has 0 saturated heterocycles. The molecule has 13 heteroatoms. The molecule has 0 saturated carbocycles. The molecule has 0 atom stereocenters. The fraction of sp³-hybridized carbons (Fsp3) is 0.222. The van der Waals surface area contributed by atoms with Crippen LogP contribution in [0.1, 0.15) is 38.5 Å². The van der Waals surface area contributed by atoms with Crippen molar-refractivity contribution in [2.75, 3.05) is 24.7 Å². The summed E-state index contributed by atoms with van der Waals surface area (Å²) in [5.41, 5.74) is 8.46. The molecule has 3 heterocycles. The molecule has 0 aliphatic heterocycles. The fourth-order valence-electron chi connectivity index (χ4n) is 7.66. The number of aromatic nitrogens is 9. The third-order valence-electron chi connectivity index (χ3n) is 11.3. The van der Waals surface area contributed by atoms with Crippen LogP contribution >= 0.6 is 0 Å². The molecule has 0 radical (unpaired) electrons. The van der Waals surface area contributed by atoms with Gasteiger partial charge in [0.15, 0.2) is 0 Å². The highest BCUT2D eigenvalue weighted by Gasteiger charge is 2.16. The lowest BCUT2D eigenvalue weighted by molar-refractivity contribution is 0.301. The SMILES string of the molecule is c1ccc(OCCCCn2cc(-c3ccc(N(c4ccc(-c5cn(CCCCOc6ccccc6)nn5)cc4)c4ccc(-c5cn(CCCCOc6ccccc6)nn5)cc4)cc3)nn2)cc1. The Morgan fingerprint density at radius 3 is 0.896 bits per heavy atom. The van der Waals surface area contributed by atoms with E-state index in [2.05, 4.69) is 109 Å². The second kappa shape index (κ2) is 22.7. The van der Waals surface area contributed by atoms with Crippen molar-refractivity contribution in [3.8, 4) is 51.0 Å². The molecule has 0 aliphatic carbocycles. The molecule has 0 aliphatic rings. The Kier molecular flexibility index (Phi) is 15.0. The van der Waals surface area contributed by atoms with E-state index < -0.39 is 0 Å². The molecular formula is C54H54N10O3. The van der Waals surface area contributed by atoms with E-state index in [1.54, 1.807) is 0 Å². The average molecular weight is 891 g/mol. The topological polar surface area (TPSA) is 123 Å². The number of para-hydroxylation sites is 3. The first-order chi connectivity index (χ1) is 33.2. The summed E-state index contributed by atoms with van der Waals surface area (Å²) >= 11 is 0. The van der Waals surface area contributed by atoms with E-state index in [4.69, 9.17) is 14.2 Å². The van der Waals surface area contributed by atoms with Gasteiger partial charge in [0.05, 0.1) is 38.4 Å². The van der Waals surface area contributed by atoms with E-state index in [9.17, 15) is 0 Å². The van der Waals surface area contributed by atoms with Gasteiger partial charge in [0.25, 0.3) is 0 Å². The van der Waals surface area contributed by atoms with Gasteiger partial charge in [-0.2, -0.15) is 0 Å². The van der Waals surface area contributed by atoms with Crippen LogP contribution in [0.5, 0.6) is 17.2 Å². The van der Waals surface area contributed by atoms with E-state index in [1.807, 2.05) is 124 Å². The van der Waals surface area contributed by atoms with Crippen LogP contribution in [0.25, 0.3) is 33.8 Å². The molecule has 9 rings (SSSR count). The molecule has 0 amide bonds. The second-order valence-corrected chi connectivity index (χ2v) is 16.2. The molecule has 0 unspecified atom stereocenters. The van der Waals surface area contributed by atoms with E-state index in [0.717, 1.165) is 126 Å². The Hall–Kier alpha value is -8.06. The van der Waals surface area contributed by atoms with Crippen molar-refractivity contribution >= 4 is 17.1 Å². The molecule has 67 heavy (non-hydrogen) atoms. The van der Waals surface area contributed by atoms with E-state index >= 15 is 0 Å². The maximum atomic E-state index is 5.85. The zero-order valence-corrected chi connectivity index (χ0v) is 37.5. The lowest BCUT2D eigenvalue weighted by atomic mass is 10.1. The zero-order chi connectivity index (χ0) is 45.3. The van der Waals surface area contributed by atoms with Crippen molar-refractivity contribution in [1.82, 2.24) is 45.0 Å². The number of hydrogen-bond acceptors (Lipinski definition) is 10. The summed E-state index contributed by atoms with van der Waals surface area (Å²) in [5, 5.41) is 26.8. The number of rotatable bonds is 24. The van der Waals surface area contributed by atoms with Crippen molar-refractivity contribution in [2.45, 2.75) is 58.2 Å². The summed E-state index contributed by atoms with van der Waals surface area (Å²) in [6.45, 7) is 4.30. The van der Waals surface area contributed by atoms with E-state index in [-0.39, 0.29) is 0 Å². The van der Waals surface area contributed by atoms with Gasteiger partial charge in [-0.25, -0.2) is 0 Å². The summed E-state index contributed by atoms with van der Waals surface area (Å²) in [5.74, 6) is 2.68. The predicted octanol–water partition coefficient (Wildman–Crippen LogP) is 11.5. The van der Waals surface area contributed by atoms with Crippen LogP contribution in [0.4, 0.5) is 17.1 Å². The van der Waals surface area contributed by atoms with E-state index in [0.29, 0.717) is 19.8 Å². The smallest absolute Gasteiger partial charge is 0.119 e. The molecular weight excluding hydrogens is 837 g/mol. The summed E-state index contributed by atoms with van der Waals surface area (Å²) in [4.78, 5) is 2.24. The summed E-state index contributed by atoms with van der Waals surface area (Å²) in [7, 11) is 0. The van der Waals surface area contributed by atoms with Crippen LogP contribution in [0, 0.1) is 0 Å². The molecule has 13 nitrogen and oxygen atoms in total. The monoisotopic (exact) mass is 890 g/mol. The first-order valence-electron chi connectivity index (χ1n) is 23.1. The molecule has 0 spiro atoms. The highest BCUT2D eigenvalue weighted by Crippen LogP contribution is 2.37. The zero-order valence-electron chi connectivity index (χ0n) is 37.5. The van der Waals surface area contributed by atoms with Crippen molar-refractivity contribution < 1.29 is 14.2 Å². The molecule has 0 bridgehead atoms. The Morgan fingerprint density at radius 2 is 0.612 bits per heavy atom. The Bertz CT molecular complexity index is 2520. The number of hydrogen-bond donors (Lipinski definition) is 0. The summed E-state index contributed by atoms with van der Waals surface area (Å²) in [6.07, 6.45) is 11.6. The third kappa shape index (κ3) is 12.4. The van der Waals surface area contributed by atoms with Crippen molar-refractivity contribution in [2.24, 2.45) is 0 Å². The summed E-state index contributed by atoms with van der Waals surface area (Å²) in [6, 6.07) is 55.1. The van der Waals surface area contributed by atoms with Crippen molar-refractivity contribution in [1.29, 1.82) is 0 Å². The number of nitrogens with zero attached hydrogens (tertiary/aromatic N) is 10. The Labute approximate surface area is 391 Å². The average Bonchev–Trinajstić information content (AvgIpc) is 4.18. The molecule has 0 N–H and O–H groups in total. The minimum Gasteiger partial charge on any atom is -0.494 e. The maximum absolute atomic E-state index is 5.85. The van der Waals surface area contributed by atoms with Crippen LogP contribution in [-0.2, 0) is 19.6 Å². The van der Waals surface area contributed by atoms with Crippen molar-refractivity contribution in [3.63, 3.8) is 0 Å². The number of unbranched alkanes of at least 4 members (excludes halogenated alkanes) is 3. The number of benzene rings is 6. The van der Waals surface area contributed by atoms with Gasteiger partial charge in [-0.1, -0.05) is 107 Å². The quantitative estimate of drug-likeness (QED) is 0.0542. The predicted molar refractivity (Wildman–Crippen MR) is 262 cm³/mol. The molecule has 3 aromatic heterocycles. The van der Waals surface area contributed by atoms with Gasteiger partial charge in [0.2, 0.25) is 0 Å². The summed E-state index contributed by atoms with van der Waals surface area (Å²) < 4.78 is 23.3. The standard InChI is InChI=1S/C54H54N10O3/c1-4-16-49(17-5-1)65-37-13-10-34-61-40-52(55-58-61)43-22-28-46(29-23-43)64(47-30-24-44(25-31-47)53-41-62(59-56-53)35-11-14-38-66-50-18-6-2-7-19-50)48-32-26-45(27-33-48)54-42-63(60-57-54)36-12-15-39-67-51-20-8-3-9-21-51/h1-9,16-33,40-42H,10-15,34-39H2. The van der Waals surface area contributed by atoms with Gasteiger partial charge in [-0.3, -0.25) is 14.0 Å². The maximum Gasteiger partial charge on any atom is 0.119 e. The number of ether oxygens (including phenoxy) is 3. The van der Waals surface area contributed by atoms with E-state index in [1.165, 1.54) is 0 Å². The minimum absolute atomic E-state index is 0.664. The van der Waals surface area contributed by atoms with Crippen LogP contribution in [0.3, 0.4) is 0 Å². The third-order valence-corrected chi connectivity index (χ3v) is 11.3. The lowest BCUT2D eigenvalue weighted by Crippen LogP contribution is -2.09. The first-order valence-corrected chi connectivity index (χ1v) is 23.1. The molecule has 0 fully saturated rings. The van der Waals surface area contributed by atoms with Crippen LogP contribution in [-0.4, -0.2) is 64.8 Å². The minimum atomic E-state index is 0.664. The van der Waals surface area contributed by atoms with Crippen molar-refractivity contribution in [3.05, 3.63) is 182 Å². The van der Waals surface area contributed by atoms with Gasteiger partial charge < -0.3 is 19.1 Å². The Morgan fingerprint density at radius 1 is 0.328 bits per heavy atom. The number of anilines is 3.